The van der Waals surface area contributed by atoms with Gasteiger partial charge in [0.15, 0.2) is 0 Å². The number of hydrogen-bond donors (Lipinski definition) is 2. The Kier molecular flexibility index (Phi) is 7.95. The van der Waals surface area contributed by atoms with Crippen molar-refractivity contribution in [2.24, 2.45) is 0 Å². The first kappa shape index (κ1) is 25.7. The molecular formula is C31H27N3O5. The number of amides is 3. The molecule has 1 unspecified atom stereocenters. The van der Waals surface area contributed by atoms with Gasteiger partial charge >= 0.3 is 0 Å². The van der Waals surface area contributed by atoms with Crippen LogP contribution in [0.2, 0.25) is 0 Å². The van der Waals surface area contributed by atoms with Gasteiger partial charge in [-0.05, 0) is 41.5 Å². The molecule has 0 spiro atoms. The van der Waals surface area contributed by atoms with E-state index in [4.69, 9.17) is 9.57 Å². The summed E-state index contributed by atoms with van der Waals surface area (Å²) in [6.07, 6.45) is -0.277. The third-order valence-electron chi connectivity index (χ3n) is 6.26. The predicted octanol–water partition coefficient (Wildman–Crippen LogP) is 5.08. The Hall–Kier alpha value is -4.95. The summed E-state index contributed by atoms with van der Waals surface area (Å²) in [6.45, 7) is 0.397. The monoisotopic (exact) mass is 521 g/mol. The SMILES string of the molecule is O=C(CC(C(=O)Nc1cccc(Oc2ccccc2)c1)N1Cc2ccccc2C1=O)NOCc1ccccc1. The highest BCUT2D eigenvalue weighted by Crippen LogP contribution is 2.27. The van der Waals surface area contributed by atoms with Crippen LogP contribution in [0, 0.1) is 0 Å². The van der Waals surface area contributed by atoms with Crippen LogP contribution in [0.5, 0.6) is 11.5 Å². The van der Waals surface area contributed by atoms with Crippen molar-refractivity contribution in [3.8, 4) is 11.5 Å². The number of hydrogen-bond acceptors (Lipinski definition) is 5. The number of rotatable bonds is 10. The number of carbonyl (C=O) groups excluding carboxylic acids is 3. The van der Waals surface area contributed by atoms with E-state index in [1.165, 1.54) is 4.90 Å². The third-order valence-corrected chi connectivity index (χ3v) is 6.26. The zero-order valence-corrected chi connectivity index (χ0v) is 21.1. The molecule has 0 radical (unpaired) electrons. The van der Waals surface area contributed by atoms with Crippen LogP contribution >= 0.6 is 0 Å². The van der Waals surface area contributed by atoms with Gasteiger partial charge in [-0.2, -0.15) is 0 Å². The highest BCUT2D eigenvalue weighted by Gasteiger charge is 2.37. The van der Waals surface area contributed by atoms with Gasteiger partial charge in [-0.15, -0.1) is 0 Å². The molecule has 0 aromatic heterocycles. The van der Waals surface area contributed by atoms with Crippen LogP contribution in [0.15, 0.2) is 109 Å². The Morgan fingerprint density at radius 1 is 0.821 bits per heavy atom. The number of para-hydroxylation sites is 1. The summed E-state index contributed by atoms with van der Waals surface area (Å²) in [5.41, 5.74) is 5.09. The Balaban J connectivity index is 1.29. The molecule has 0 fully saturated rings. The van der Waals surface area contributed by atoms with E-state index in [2.05, 4.69) is 10.8 Å². The largest absolute Gasteiger partial charge is 0.457 e. The quantitative estimate of drug-likeness (QED) is 0.284. The molecule has 4 aromatic carbocycles. The van der Waals surface area contributed by atoms with Gasteiger partial charge in [0.1, 0.15) is 17.5 Å². The molecule has 8 heteroatoms. The van der Waals surface area contributed by atoms with Crippen LogP contribution in [0.3, 0.4) is 0 Å². The molecule has 1 heterocycles. The summed E-state index contributed by atoms with van der Waals surface area (Å²) in [6, 6.07) is 31.7. The minimum absolute atomic E-state index is 0.172. The minimum Gasteiger partial charge on any atom is -0.457 e. The summed E-state index contributed by atoms with van der Waals surface area (Å²) < 4.78 is 5.87. The van der Waals surface area contributed by atoms with Crippen LogP contribution in [-0.2, 0) is 27.6 Å². The number of carbonyl (C=O) groups is 3. The smallest absolute Gasteiger partial charge is 0.255 e. The van der Waals surface area contributed by atoms with E-state index in [1.807, 2.05) is 72.8 Å². The molecule has 196 valence electrons. The van der Waals surface area contributed by atoms with Gasteiger partial charge in [-0.25, -0.2) is 5.48 Å². The number of nitrogens with one attached hydrogen (secondary N) is 2. The highest BCUT2D eigenvalue weighted by atomic mass is 16.6. The minimum atomic E-state index is -1.07. The average Bonchev–Trinajstić information content (AvgIpc) is 3.29. The summed E-state index contributed by atoms with van der Waals surface area (Å²) >= 11 is 0. The maximum absolute atomic E-state index is 13.5. The van der Waals surface area contributed by atoms with Gasteiger partial charge in [0.25, 0.3) is 5.91 Å². The zero-order valence-electron chi connectivity index (χ0n) is 21.1. The van der Waals surface area contributed by atoms with Gasteiger partial charge in [-0.3, -0.25) is 19.2 Å². The third kappa shape index (κ3) is 6.49. The van der Waals surface area contributed by atoms with E-state index >= 15 is 0 Å². The van der Waals surface area contributed by atoms with Crippen molar-refractivity contribution in [3.63, 3.8) is 0 Å². The van der Waals surface area contributed by atoms with Crippen LogP contribution < -0.4 is 15.5 Å². The lowest BCUT2D eigenvalue weighted by molar-refractivity contribution is -0.138. The molecule has 4 aromatic rings. The molecule has 5 rings (SSSR count). The van der Waals surface area contributed by atoms with Crippen LogP contribution in [0.25, 0.3) is 0 Å². The second-order valence-electron chi connectivity index (χ2n) is 9.04. The van der Waals surface area contributed by atoms with Crippen LogP contribution in [0.4, 0.5) is 5.69 Å². The topological polar surface area (TPSA) is 97.0 Å². The summed E-state index contributed by atoms with van der Waals surface area (Å²) in [5.74, 6) is -0.120. The van der Waals surface area contributed by atoms with Gasteiger partial charge in [0, 0.05) is 23.9 Å². The molecule has 1 aliphatic heterocycles. The van der Waals surface area contributed by atoms with Crippen molar-refractivity contribution < 1.29 is 24.0 Å². The van der Waals surface area contributed by atoms with Gasteiger partial charge in [0.05, 0.1) is 13.0 Å². The molecule has 1 aliphatic rings. The first-order chi connectivity index (χ1) is 19.1. The Morgan fingerprint density at radius 3 is 2.28 bits per heavy atom. The van der Waals surface area contributed by atoms with Crippen molar-refractivity contribution >= 4 is 23.4 Å². The summed E-state index contributed by atoms with van der Waals surface area (Å²) in [5, 5.41) is 2.85. The van der Waals surface area contributed by atoms with Gasteiger partial charge in [-0.1, -0.05) is 72.8 Å². The van der Waals surface area contributed by atoms with Crippen molar-refractivity contribution in [1.82, 2.24) is 10.4 Å². The number of fused-ring (bicyclic) bond motifs is 1. The molecule has 1 atom stereocenters. The van der Waals surface area contributed by atoms with Gasteiger partial charge < -0.3 is 15.0 Å². The number of ether oxygens (including phenoxy) is 1. The fourth-order valence-electron chi connectivity index (χ4n) is 4.35. The molecule has 0 bridgehead atoms. The molecule has 0 saturated heterocycles. The second-order valence-corrected chi connectivity index (χ2v) is 9.04. The molecular weight excluding hydrogens is 494 g/mol. The second kappa shape index (κ2) is 12.1. The number of nitrogens with zero attached hydrogens (tertiary/aromatic N) is 1. The molecule has 0 saturated carbocycles. The molecule has 2 N–H and O–H groups in total. The lowest BCUT2D eigenvalue weighted by Gasteiger charge is -2.26. The lowest BCUT2D eigenvalue weighted by atomic mass is 10.1. The summed E-state index contributed by atoms with van der Waals surface area (Å²) in [4.78, 5) is 46.3. The molecule has 8 nitrogen and oxygen atoms in total. The Morgan fingerprint density at radius 2 is 1.51 bits per heavy atom. The van der Waals surface area contributed by atoms with E-state index in [1.54, 1.807) is 36.4 Å². The van der Waals surface area contributed by atoms with E-state index in [0.717, 1.165) is 11.1 Å². The fraction of sp³-hybridized carbons (Fsp3) is 0.129. The van der Waals surface area contributed by atoms with Crippen LogP contribution in [-0.4, -0.2) is 28.7 Å². The van der Waals surface area contributed by atoms with E-state index in [0.29, 0.717) is 22.7 Å². The molecule has 0 aliphatic carbocycles. The van der Waals surface area contributed by atoms with Crippen molar-refractivity contribution in [3.05, 3.63) is 126 Å². The first-order valence-electron chi connectivity index (χ1n) is 12.5. The van der Waals surface area contributed by atoms with Gasteiger partial charge in [0.2, 0.25) is 11.8 Å². The maximum Gasteiger partial charge on any atom is 0.255 e. The van der Waals surface area contributed by atoms with E-state index in [-0.39, 0.29) is 25.5 Å². The normalized spacial score (nSPS) is 12.9. The van der Waals surface area contributed by atoms with Crippen molar-refractivity contribution in [1.29, 1.82) is 0 Å². The number of benzene rings is 4. The predicted molar refractivity (Wildman–Crippen MR) is 146 cm³/mol. The standard InChI is InChI=1S/C31H27N3O5/c35-29(33-38-21-22-10-3-1-4-11-22)19-28(34-20-23-12-7-8-17-27(23)31(34)37)30(36)32-24-13-9-16-26(18-24)39-25-14-5-2-6-15-25/h1-18,28H,19-21H2,(H,32,36)(H,33,35). The van der Waals surface area contributed by atoms with Crippen molar-refractivity contribution in [2.75, 3.05) is 5.32 Å². The average molecular weight is 522 g/mol. The van der Waals surface area contributed by atoms with Crippen molar-refractivity contribution in [2.45, 2.75) is 25.6 Å². The Bertz CT molecular complexity index is 1460. The van der Waals surface area contributed by atoms with E-state index < -0.39 is 17.9 Å². The maximum atomic E-state index is 13.5. The van der Waals surface area contributed by atoms with Crippen LogP contribution in [0.1, 0.15) is 27.9 Å². The Labute approximate surface area is 226 Å². The molecule has 3 amide bonds. The van der Waals surface area contributed by atoms with E-state index in [9.17, 15) is 14.4 Å². The number of hydroxylamine groups is 1. The first-order valence-corrected chi connectivity index (χ1v) is 12.5. The fourth-order valence-corrected chi connectivity index (χ4v) is 4.35. The highest BCUT2D eigenvalue weighted by molar-refractivity contribution is 6.04. The number of anilines is 1. The lowest BCUT2D eigenvalue weighted by Crippen LogP contribution is -2.47. The molecule has 39 heavy (non-hydrogen) atoms. The summed E-state index contributed by atoms with van der Waals surface area (Å²) in [7, 11) is 0. The zero-order chi connectivity index (χ0) is 27.0.